The highest BCUT2D eigenvalue weighted by atomic mass is 35.5. The minimum atomic E-state index is -0.239. The second-order valence-corrected chi connectivity index (χ2v) is 7.20. The zero-order valence-electron chi connectivity index (χ0n) is 15.7. The third-order valence-corrected chi connectivity index (χ3v) is 4.86. The fraction of sp³-hybridized carbons (Fsp3) is 0.111. The number of nitrogens with zero attached hydrogens (tertiary/aromatic N) is 4. The number of rotatable bonds is 8. The lowest BCUT2D eigenvalue weighted by Crippen LogP contribution is -2.16. The number of hydrogen-bond acceptors (Lipinski definition) is 9. The van der Waals surface area contributed by atoms with E-state index in [1.54, 1.807) is 36.4 Å². The highest BCUT2D eigenvalue weighted by Crippen LogP contribution is 2.25. The van der Waals surface area contributed by atoms with Gasteiger partial charge in [0.1, 0.15) is 0 Å². The van der Waals surface area contributed by atoms with Gasteiger partial charge in [-0.2, -0.15) is 5.10 Å². The van der Waals surface area contributed by atoms with E-state index < -0.39 is 0 Å². The van der Waals surface area contributed by atoms with Crippen LogP contribution >= 0.6 is 23.4 Å². The van der Waals surface area contributed by atoms with Gasteiger partial charge >= 0.3 is 0 Å². The first kappa shape index (κ1) is 21.3. The van der Waals surface area contributed by atoms with E-state index in [0.717, 1.165) is 11.8 Å². The molecule has 0 bridgehead atoms. The molecule has 0 radical (unpaired) electrons. The summed E-state index contributed by atoms with van der Waals surface area (Å²) in [6, 6.07) is 11.7. The maximum Gasteiger partial charge on any atom is 0.264 e. The Bertz CT molecular complexity index is 1070. The van der Waals surface area contributed by atoms with E-state index >= 15 is 0 Å². The minimum absolute atomic E-state index is 0.00169. The number of halogens is 1. The number of thioether (sulfide) groups is 1. The molecule has 0 fully saturated rings. The average molecular weight is 448 g/mol. The van der Waals surface area contributed by atoms with E-state index in [1.807, 2.05) is 0 Å². The summed E-state index contributed by atoms with van der Waals surface area (Å²) in [5.41, 5.74) is 3.89. The quantitative estimate of drug-likeness (QED) is 0.179. The number of phenols is 1. The first-order valence-corrected chi connectivity index (χ1v) is 9.87. The smallest absolute Gasteiger partial charge is 0.264 e. The Kier molecular flexibility index (Phi) is 6.99. The number of benzene rings is 2. The van der Waals surface area contributed by atoms with E-state index in [4.69, 9.17) is 22.2 Å². The summed E-state index contributed by atoms with van der Waals surface area (Å²) in [6.07, 6.45) is 1.47. The van der Waals surface area contributed by atoms with Crippen LogP contribution in [0.1, 0.15) is 5.56 Å². The molecule has 0 saturated carbocycles. The summed E-state index contributed by atoms with van der Waals surface area (Å²) in [6.45, 7) is 0. The minimum Gasteiger partial charge on any atom is -0.504 e. The molecular weight excluding hydrogens is 430 g/mol. The lowest BCUT2D eigenvalue weighted by molar-refractivity contribution is -0.113. The van der Waals surface area contributed by atoms with Crippen molar-refractivity contribution in [3.8, 4) is 11.5 Å². The molecule has 0 spiro atoms. The molecule has 1 aromatic heterocycles. The summed E-state index contributed by atoms with van der Waals surface area (Å²) in [7, 11) is 1.47. The number of methoxy groups -OCH3 is 1. The first-order valence-electron chi connectivity index (χ1n) is 8.51. The normalized spacial score (nSPS) is 10.9. The molecule has 156 valence electrons. The van der Waals surface area contributed by atoms with Gasteiger partial charge in [-0.25, -0.2) is 10.1 Å². The van der Waals surface area contributed by atoms with Crippen molar-refractivity contribution in [1.82, 2.24) is 14.9 Å². The van der Waals surface area contributed by atoms with Crippen molar-refractivity contribution >= 4 is 47.1 Å². The van der Waals surface area contributed by atoms with Crippen LogP contribution in [0.3, 0.4) is 0 Å². The summed E-state index contributed by atoms with van der Waals surface area (Å²) in [4.78, 5) is 12.1. The van der Waals surface area contributed by atoms with E-state index in [2.05, 4.69) is 26.0 Å². The summed E-state index contributed by atoms with van der Waals surface area (Å²) in [5.74, 6) is 6.32. The number of nitrogens with one attached hydrogen (secondary N) is 2. The molecule has 3 aromatic rings. The number of hydrogen-bond donors (Lipinski definition) is 4. The molecule has 0 saturated heterocycles. The lowest BCUT2D eigenvalue weighted by Gasteiger charge is -2.05. The number of nitrogens with two attached hydrogens (primary N) is 1. The molecule has 3 rings (SSSR count). The maximum absolute atomic E-state index is 12.1. The molecule has 5 N–H and O–H groups in total. The fourth-order valence-electron chi connectivity index (χ4n) is 2.30. The van der Waals surface area contributed by atoms with Crippen LogP contribution in [0.5, 0.6) is 11.5 Å². The van der Waals surface area contributed by atoms with Gasteiger partial charge in [0.15, 0.2) is 11.5 Å². The SMILES string of the molecule is COc1ccc(/C=N/Nc2nnc(SCC(=O)Nc3cccc(Cl)c3)n2N)cc1O. The number of hydrazone groups is 1. The molecular formula is C18H18ClN7O3S. The van der Waals surface area contributed by atoms with Crippen LogP contribution in [0.4, 0.5) is 11.6 Å². The standard InChI is InChI=1S/C18H18ClN7O3S/c1-29-15-6-5-11(7-14(15)27)9-21-23-17-24-25-18(26(17)20)30-10-16(28)22-13-4-2-3-12(19)8-13/h2-9,27H,10,20H2,1H3,(H,22,28)(H,23,24)/b21-9+. The van der Waals surface area contributed by atoms with Crippen molar-refractivity contribution in [2.75, 3.05) is 29.4 Å². The van der Waals surface area contributed by atoms with E-state index in [0.29, 0.717) is 27.2 Å². The van der Waals surface area contributed by atoms with E-state index in [9.17, 15) is 9.90 Å². The van der Waals surface area contributed by atoms with Crippen LogP contribution in [0.25, 0.3) is 0 Å². The predicted octanol–water partition coefficient (Wildman–Crippen LogP) is 2.54. The van der Waals surface area contributed by atoms with Crippen molar-refractivity contribution in [2.45, 2.75) is 5.16 Å². The maximum atomic E-state index is 12.1. The van der Waals surface area contributed by atoms with Crippen molar-refractivity contribution in [3.05, 3.63) is 53.1 Å². The van der Waals surface area contributed by atoms with Crippen LogP contribution in [0.2, 0.25) is 5.02 Å². The summed E-state index contributed by atoms with van der Waals surface area (Å²) >= 11 is 7.01. The van der Waals surface area contributed by atoms with Gasteiger partial charge < -0.3 is 21.0 Å². The number of ether oxygens (including phenoxy) is 1. The molecule has 0 aliphatic heterocycles. The molecule has 30 heavy (non-hydrogen) atoms. The molecule has 1 heterocycles. The number of carbonyl (C=O) groups is 1. The zero-order chi connectivity index (χ0) is 21.5. The molecule has 2 aromatic carbocycles. The zero-order valence-corrected chi connectivity index (χ0v) is 17.3. The second-order valence-electron chi connectivity index (χ2n) is 5.82. The Balaban J connectivity index is 1.54. The van der Waals surface area contributed by atoms with Crippen LogP contribution < -0.4 is 21.3 Å². The summed E-state index contributed by atoms with van der Waals surface area (Å²) in [5, 5.41) is 25.2. The molecule has 12 heteroatoms. The largest absolute Gasteiger partial charge is 0.504 e. The van der Waals surface area contributed by atoms with Crippen molar-refractivity contribution in [2.24, 2.45) is 5.10 Å². The average Bonchev–Trinajstić information content (AvgIpc) is 3.06. The molecule has 0 aliphatic carbocycles. The van der Waals surface area contributed by atoms with Gasteiger partial charge in [0.05, 0.1) is 19.1 Å². The van der Waals surface area contributed by atoms with E-state index in [1.165, 1.54) is 24.1 Å². The number of nitrogen functional groups attached to an aromatic ring is 1. The van der Waals surface area contributed by atoms with Crippen LogP contribution in [0, 0.1) is 0 Å². The first-order chi connectivity index (χ1) is 14.5. The van der Waals surface area contributed by atoms with Crippen molar-refractivity contribution < 1.29 is 14.6 Å². The van der Waals surface area contributed by atoms with Crippen molar-refractivity contribution in [1.29, 1.82) is 0 Å². The number of carbonyl (C=O) groups excluding carboxylic acids is 1. The Morgan fingerprint density at radius 2 is 2.20 bits per heavy atom. The number of anilines is 2. The predicted molar refractivity (Wildman–Crippen MR) is 117 cm³/mol. The van der Waals surface area contributed by atoms with Crippen LogP contribution in [-0.2, 0) is 4.79 Å². The van der Waals surface area contributed by atoms with Crippen LogP contribution in [-0.4, -0.2) is 45.0 Å². The fourth-order valence-corrected chi connectivity index (χ4v) is 3.14. The highest BCUT2D eigenvalue weighted by molar-refractivity contribution is 7.99. The Morgan fingerprint density at radius 3 is 2.93 bits per heavy atom. The van der Waals surface area contributed by atoms with Crippen LogP contribution in [0.15, 0.2) is 52.7 Å². The van der Waals surface area contributed by atoms with Gasteiger partial charge in [-0.05, 0) is 42.0 Å². The Hall–Kier alpha value is -3.44. The Labute approximate surface area is 181 Å². The number of aromatic hydroxyl groups is 1. The van der Waals surface area contributed by atoms with Gasteiger partial charge in [-0.15, -0.1) is 10.2 Å². The van der Waals surface area contributed by atoms with Gasteiger partial charge in [0.25, 0.3) is 5.95 Å². The molecule has 1 amide bonds. The van der Waals surface area contributed by atoms with E-state index in [-0.39, 0.29) is 23.4 Å². The van der Waals surface area contributed by atoms with Gasteiger partial charge in [-0.1, -0.05) is 29.4 Å². The Morgan fingerprint density at radius 1 is 1.37 bits per heavy atom. The molecule has 0 aliphatic rings. The monoisotopic (exact) mass is 447 g/mol. The molecule has 10 nitrogen and oxygen atoms in total. The van der Waals surface area contributed by atoms with Gasteiger partial charge in [0.2, 0.25) is 11.1 Å². The number of aromatic nitrogens is 3. The second kappa shape index (κ2) is 9.85. The topological polar surface area (TPSA) is 140 Å². The van der Waals surface area contributed by atoms with Gasteiger partial charge in [0, 0.05) is 10.7 Å². The highest BCUT2D eigenvalue weighted by Gasteiger charge is 2.12. The summed E-state index contributed by atoms with van der Waals surface area (Å²) < 4.78 is 6.17. The third-order valence-electron chi connectivity index (χ3n) is 3.69. The number of amides is 1. The molecule has 0 unspecified atom stereocenters. The van der Waals surface area contributed by atoms with Crippen molar-refractivity contribution in [3.63, 3.8) is 0 Å². The van der Waals surface area contributed by atoms with Gasteiger partial charge in [-0.3, -0.25) is 4.79 Å². The third kappa shape index (κ3) is 5.55. The number of phenolic OH excluding ortho intramolecular Hbond substituents is 1. The lowest BCUT2D eigenvalue weighted by atomic mass is 10.2. The molecule has 0 atom stereocenters.